The van der Waals surface area contributed by atoms with Crippen LogP contribution in [0.4, 0.5) is 0 Å². The summed E-state index contributed by atoms with van der Waals surface area (Å²) in [5.74, 6) is 0.964. The molecule has 0 saturated heterocycles. The standard InChI is InChI=1S/C13H21NO2/c1-11-12(10-15-3)6-4-7-13(11)16-9-5-8-14-2/h4,6-7,14H,5,8-10H2,1-3H3. The lowest BCUT2D eigenvalue weighted by Crippen LogP contribution is -2.12. The fourth-order valence-electron chi connectivity index (χ4n) is 1.56. The van der Waals surface area contributed by atoms with Crippen molar-refractivity contribution in [1.29, 1.82) is 0 Å². The van der Waals surface area contributed by atoms with Crippen LogP contribution in [0.1, 0.15) is 17.5 Å². The summed E-state index contributed by atoms with van der Waals surface area (Å²) in [6.45, 7) is 4.44. The Balaban J connectivity index is 2.55. The zero-order valence-corrected chi connectivity index (χ0v) is 10.4. The molecule has 0 bridgehead atoms. The third kappa shape index (κ3) is 3.83. The van der Waals surface area contributed by atoms with E-state index in [0.29, 0.717) is 6.61 Å². The third-order valence-corrected chi connectivity index (χ3v) is 2.52. The van der Waals surface area contributed by atoms with Gasteiger partial charge in [-0.2, -0.15) is 0 Å². The number of hydrogen-bond donors (Lipinski definition) is 1. The highest BCUT2D eigenvalue weighted by Gasteiger charge is 2.04. The van der Waals surface area contributed by atoms with E-state index in [-0.39, 0.29) is 0 Å². The van der Waals surface area contributed by atoms with Crippen LogP contribution in [0.25, 0.3) is 0 Å². The second-order valence-electron chi connectivity index (χ2n) is 3.78. The van der Waals surface area contributed by atoms with E-state index in [4.69, 9.17) is 9.47 Å². The summed E-state index contributed by atoms with van der Waals surface area (Å²) < 4.78 is 10.9. The molecule has 0 amide bonds. The lowest BCUT2D eigenvalue weighted by Gasteiger charge is -2.12. The molecular weight excluding hydrogens is 202 g/mol. The Morgan fingerprint density at radius 2 is 2.12 bits per heavy atom. The van der Waals surface area contributed by atoms with Crippen molar-refractivity contribution in [1.82, 2.24) is 5.32 Å². The molecule has 0 atom stereocenters. The second-order valence-corrected chi connectivity index (χ2v) is 3.78. The fraction of sp³-hybridized carbons (Fsp3) is 0.538. The van der Waals surface area contributed by atoms with Crippen molar-refractivity contribution in [2.45, 2.75) is 20.0 Å². The van der Waals surface area contributed by atoms with Crippen LogP contribution < -0.4 is 10.1 Å². The number of rotatable bonds is 7. The molecule has 1 aromatic carbocycles. The molecule has 1 aromatic rings. The van der Waals surface area contributed by atoms with Crippen LogP contribution in [0, 0.1) is 6.92 Å². The average Bonchev–Trinajstić information content (AvgIpc) is 2.29. The zero-order chi connectivity index (χ0) is 11.8. The number of ether oxygens (including phenoxy) is 2. The smallest absolute Gasteiger partial charge is 0.122 e. The largest absolute Gasteiger partial charge is 0.493 e. The predicted octanol–water partition coefficient (Wildman–Crippen LogP) is 2.13. The Morgan fingerprint density at radius 1 is 1.31 bits per heavy atom. The lowest BCUT2D eigenvalue weighted by molar-refractivity contribution is 0.184. The van der Waals surface area contributed by atoms with E-state index in [1.807, 2.05) is 19.2 Å². The van der Waals surface area contributed by atoms with Gasteiger partial charge in [0.05, 0.1) is 13.2 Å². The molecule has 0 unspecified atom stereocenters. The Morgan fingerprint density at radius 3 is 2.81 bits per heavy atom. The lowest BCUT2D eigenvalue weighted by atomic mass is 10.1. The van der Waals surface area contributed by atoms with Gasteiger partial charge in [0.15, 0.2) is 0 Å². The van der Waals surface area contributed by atoms with Crippen molar-refractivity contribution in [2.75, 3.05) is 27.3 Å². The van der Waals surface area contributed by atoms with Gasteiger partial charge >= 0.3 is 0 Å². The zero-order valence-electron chi connectivity index (χ0n) is 10.4. The van der Waals surface area contributed by atoms with Crippen LogP contribution in [0.5, 0.6) is 5.75 Å². The van der Waals surface area contributed by atoms with Gasteiger partial charge in [-0.25, -0.2) is 0 Å². The number of hydrogen-bond acceptors (Lipinski definition) is 3. The van der Waals surface area contributed by atoms with Gasteiger partial charge < -0.3 is 14.8 Å². The maximum atomic E-state index is 5.73. The predicted molar refractivity (Wildman–Crippen MR) is 65.9 cm³/mol. The Labute approximate surface area is 97.8 Å². The van der Waals surface area contributed by atoms with E-state index in [1.165, 1.54) is 11.1 Å². The first kappa shape index (κ1) is 13.0. The first-order valence-corrected chi connectivity index (χ1v) is 5.64. The molecule has 1 N–H and O–H groups in total. The molecule has 0 radical (unpaired) electrons. The SMILES string of the molecule is CNCCCOc1cccc(COC)c1C. The van der Waals surface area contributed by atoms with Gasteiger partial charge in [-0.05, 0) is 44.1 Å². The molecule has 0 heterocycles. The van der Waals surface area contributed by atoms with Crippen LogP contribution in [-0.2, 0) is 11.3 Å². The summed E-state index contributed by atoms with van der Waals surface area (Å²) in [6.07, 6.45) is 1.02. The van der Waals surface area contributed by atoms with E-state index in [1.54, 1.807) is 7.11 Å². The fourth-order valence-corrected chi connectivity index (χ4v) is 1.56. The molecular formula is C13H21NO2. The molecule has 16 heavy (non-hydrogen) atoms. The van der Waals surface area contributed by atoms with Gasteiger partial charge in [-0.1, -0.05) is 12.1 Å². The summed E-state index contributed by atoms with van der Waals surface area (Å²) >= 11 is 0. The van der Waals surface area contributed by atoms with Gasteiger partial charge in [0.2, 0.25) is 0 Å². The van der Waals surface area contributed by atoms with Crippen molar-refractivity contribution in [2.24, 2.45) is 0 Å². The van der Waals surface area contributed by atoms with E-state index < -0.39 is 0 Å². The summed E-state index contributed by atoms with van der Waals surface area (Å²) in [6, 6.07) is 6.09. The molecule has 0 aliphatic heterocycles. The maximum Gasteiger partial charge on any atom is 0.122 e. The highest BCUT2D eigenvalue weighted by Crippen LogP contribution is 2.21. The topological polar surface area (TPSA) is 30.5 Å². The normalized spacial score (nSPS) is 10.4. The molecule has 0 aliphatic rings. The van der Waals surface area contributed by atoms with Crippen LogP contribution in [-0.4, -0.2) is 27.3 Å². The van der Waals surface area contributed by atoms with E-state index in [2.05, 4.69) is 18.3 Å². The van der Waals surface area contributed by atoms with Crippen LogP contribution >= 0.6 is 0 Å². The van der Waals surface area contributed by atoms with Crippen molar-refractivity contribution >= 4 is 0 Å². The minimum Gasteiger partial charge on any atom is -0.493 e. The second kappa shape index (κ2) is 7.25. The molecule has 0 fully saturated rings. The molecule has 90 valence electrons. The molecule has 0 spiro atoms. The van der Waals surface area contributed by atoms with Crippen LogP contribution in [0.2, 0.25) is 0 Å². The van der Waals surface area contributed by atoms with E-state index in [0.717, 1.165) is 25.3 Å². The molecule has 0 saturated carbocycles. The molecule has 0 aromatic heterocycles. The van der Waals surface area contributed by atoms with Gasteiger partial charge in [0, 0.05) is 7.11 Å². The quantitative estimate of drug-likeness (QED) is 0.718. The van der Waals surface area contributed by atoms with Crippen molar-refractivity contribution in [3.05, 3.63) is 29.3 Å². The van der Waals surface area contributed by atoms with Crippen molar-refractivity contribution < 1.29 is 9.47 Å². The summed E-state index contributed by atoms with van der Waals surface area (Å²) in [5, 5.41) is 3.10. The molecule has 0 aliphatic carbocycles. The average molecular weight is 223 g/mol. The maximum absolute atomic E-state index is 5.73. The van der Waals surface area contributed by atoms with Crippen LogP contribution in [0.3, 0.4) is 0 Å². The summed E-state index contributed by atoms with van der Waals surface area (Å²) in [7, 11) is 3.66. The molecule has 3 nitrogen and oxygen atoms in total. The van der Waals surface area contributed by atoms with Gasteiger partial charge in [0.1, 0.15) is 5.75 Å². The first-order chi connectivity index (χ1) is 7.79. The highest BCUT2D eigenvalue weighted by atomic mass is 16.5. The number of methoxy groups -OCH3 is 1. The van der Waals surface area contributed by atoms with Gasteiger partial charge in [-0.3, -0.25) is 0 Å². The molecule has 1 rings (SSSR count). The highest BCUT2D eigenvalue weighted by molar-refractivity contribution is 5.38. The van der Waals surface area contributed by atoms with E-state index in [9.17, 15) is 0 Å². The van der Waals surface area contributed by atoms with E-state index >= 15 is 0 Å². The molecule has 3 heteroatoms. The number of benzene rings is 1. The minimum atomic E-state index is 0.638. The Kier molecular flexibility index (Phi) is 5.90. The van der Waals surface area contributed by atoms with Crippen molar-refractivity contribution in [3.63, 3.8) is 0 Å². The number of nitrogens with one attached hydrogen (secondary N) is 1. The summed E-state index contributed by atoms with van der Waals surface area (Å²) in [4.78, 5) is 0. The Bertz CT molecular complexity index is 313. The summed E-state index contributed by atoms with van der Waals surface area (Å²) in [5.41, 5.74) is 2.36. The van der Waals surface area contributed by atoms with Crippen LogP contribution in [0.15, 0.2) is 18.2 Å². The van der Waals surface area contributed by atoms with Gasteiger partial charge in [0.25, 0.3) is 0 Å². The Hall–Kier alpha value is -1.06. The van der Waals surface area contributed by atoms with Crippen molar-refractivity contribution in [3.8, 4) is 5.75 Å². The monoisotopic (exact) mass is 223 g/mol. The van der Waals surface area contributed by atoms with Gasteiger partial charge in [-0.15, -0.1) is 0 Å². The third-order valence-electron chi connectivity index (χ3n) is 2.52. The minimum absolute atomic E-state index is 0.638. The first-order valence-electron chi connectivity index (χ1n) is 5.64.